The van der Waals surface area contributed by atoms with E-state index >= 15 is 0 Å². The van der Waals surface area contributed by atoms with E-state index in [0.717, 1.165) is 12.8 Å². The molecule has 18 heavy (non-hydrogen) atoms. The lowest BCUT2D eigenvalue weighted by molar-refractivity contribution is -0.150. The fraction of sp³-hybridized carbons (Fsp3) is 0.846. The first-order valence-corrected chi connectivity index (χ1v) is 6.35. The van der Waals surface area contributed by atoms with Gasteiger partial charge in [-0.1, -0.05) is 13.3 Å². The monoisotopic (exact) mass is 259 g/mol. The first-order chi connectivity index (χ1) is 8.15. The van der Waals surface area contributed by atoms with Gasteiger partial charge in [0.15, 0.2) is 0 Å². The minimum atomic E-state index is -0.709. The topological polar surface area (TPSA) is 64.6 Å². The largest absolute Gasteiger partial charge is 0.461 e. The van der Waals surface area contributed by atoms with E-state index in [9.17, 15) is 9.59 Å². The number of carbonyl (C=O) groups excluding carboxylic acids is 2. The number of amides is 1. The van der Waals surface area contributed by atoms with Gasteiger partial charge in [0, 0.05) is 0 Å². The lowest BCUT2D eigenvalue weighted by atomic mass is 10.2. The molecule has 106 valence electrons. The van der Waals surface area contributed by atoms with E-state index in [0.29, 0.717) is 0 Å². The highest BCUT2D eigenvalue weighted by Gasteiger charge is 2.22. The number of rotatable bonds is 5. The molecule has 5 heteroatoms. The van der Waals surface area contributed by atoms with Crippen LogP contribution in [0.5, 0.6) is 0 Å². The van der Waals surface area contributed by atoms with Crippen molar-refractivity contribution in [1.82, 2.24) is 5.32 Å². The van der Waals surface area contributed by atoms with Crippen molar-refractivity contribution in [3.05, 3.63) is 0 Å². The van der Waals surface area contributed by atoms with Gasteiger partial charge in [-0.2, -0.15) is 0 Å². The molecule has 1 amide bonds. The molecule has 0 aromatic rings. The van der Waals surface area contributed by atoms with Crippen LogP contribution < -0.4 is 5.32 Å². The standard InChI is InChI=1S/C13H25NO4/c1-7-8-9(2)17-11(15)10(3)14-12(16)18-13(4,5)6/h9-10H,7-8H2,1-6H3,(H,14,16)/t9-,10?/m0/s1. The Balaban J connectivity index is 4.12. The Kier molecular flexibility index (Phi) is 6.73. The summed E-state index contributed by atoms with van der Waals surface area (Å²) >= 11 is 0. The zero-order valence-electron chi connectivity index (χ0n) is 12.2. The van der Waals surface area contributed by atoms with Crippen molar-refractivity contribution < 1.29 is 19.1 Å². The lowest BCUT2D eigenvalue weighted by Crippen LogP contribution is -2.43. The number of carbonyl (C=O) groups is 2. The van der Waals surface area contributed by atoms with E-state index in [2.05, 4.69) is 5.32 Å². The molecule has 1 unspecified atom stereocenters. The van der Waals surface area contributed by atoms with E-state index in [-0.39, 0.29) is 6.10 Å². The van der Waals surface area contributed by atoms with E-state index < -0.39 is 23.7 Å². The van der Waals surface area contributed by atoms with Gasteiger partial charge in [0.1, 0.15) is 11.6 Å². The third-order valence-corrected chi connectivity index (χ3v) is 2.10. The predicted octanol–water partition coefficient (Wildman–Crippen LogP) is 2.63. The first-order valence-electron chi connectivity index (χ1n) is 6.35. The highest BCUT2D eigenvalue weighted by Crippen LogP contribution is 2.07. The molecule has 1 N–H and O–H groups in total. The Hall–Kier alpha value is -1.26. The zero-order chi connectivity index (χ0) is 14.3. The zero-order valence-corrected chi connectivity index (χ0v) is 12.2. The van der Waals surface area contributed by atoms with Gasteiger partial charge in [-0.05, 0) is 41.0 Å². The smallest absolute Gasteiger partial charge is 0.408 e. The summed E-state index contributed by atoms with van der Waals surface area (Å²) in [7, 11) is 0. The van der Waals surface area contributed by atoms with Crippen molar-refractivity contribution in [2.75, 3.05) is 0 Å². The van der Waals surface area contributed by atoms with Crippen molar-refractivity contribution in [2.24, 2.45) is 0 Å². The molecule has 0 radical (unpaired) electrons. The van der Waals surface area contributed by atoms with Crippen LogP contribution >= 0.6 is 0 Å². The number of ether oxygens (including phenoxy) is 2. The Morgan fingerprint density at radius 2 is 1.78 bits per heavy atom. The molecule has 0 aliphatic heterocycles. The minimum Gasteiger partial charge on any atom is -0.461 e. The highest BCUT2D eigenvalue weighted by molar-refractivity contribution is 5.81. The second-order valence-corrected chi connectivity index (χ2v) is 5.40. The number of hydrogen-bond acceptors (Lipinski definition) is 4. The maximum Gasteiger partial charge on any atom is 0.408 e. The second kappa shape index (κ2) is 7.24. The van der Waals surface area contributed by atoms with Gasteiger partial charge in [-0.3, -0.25) is 0 Å². The van der Waals surface area contributed by atoms with E-state index in [1.54, 1.807) is 27.7 Å². The summed E-state index contributed by atoms with van der Waals surface area (Å²) in [6.45, 7) is 10.7. The van der Waals surface area contributed by atoms with Gasteiger partial charge in [0.05, 0.1) is 6.10 Å². The maximum absolute atomic E-state index is 11.6. The molecule has 0 aromatic heterocycles. The summed E-state index contributed by atoms with van der Waals surface area (Å²) < 4.78 is 10.2. The molecule has 0 aliphatic rings. The molecule has 5 nitrogen and oxygen atoms in total. The minimum absolute atomic E-state index is 0.134. The number of hydrogen-bond donors (Lipinski definition) is 1. The van der Waals surface area contributed by atoms with Crippen LogP contribution in [0.15, 0.2) is 0 Å². The summed E-state index contributed by atoms with van der Waals surface area (Å²) in [5, 5.41) is 2.45. The summed E-state index contributed by atoms with van der Waals surface area (Å²) in [4.78, 5) is 23.1. The third-order valence-electron chi connectivity index (χ3n) is 2.10. The van der Waals surface area contributed by atoms with Crippen LogP contribution in [-0.2, 0) is 14.3 Å². The van der Waals surface area contributed by atoms with E-state index in [1.807, 2.05) is 13.8 Å². The van der Waals surface area contributed by atoms with Crippen molar-refractivity contribution in [3.63, 3.8) is 0 Å². The van der Waals surface area contributed by atoms with Gasteiger partial charge in [0.25, 0.3) is 0 Å². The van der Waals surface area contributed by atoms with Crippen LogP contribution in [0.1, 0.15) is 54.4 Å². The van der Waals surface area contributed by atoms with Crippen molar-refractivity contribution in [1.29, 1.82) is 0 Å². The van der Waals surface area contributed by atoms with Gasteiger partial charge in [-0.15, -0.1) is 0 Å². The fourth-order valence-electron chi connectivity index (χ4n) is 1.31. The van der Waals surface area contributed by atoms with Gasteiger partial charge >= 0.3 is 12.1 Å². The molecule has 0 aliphatic carbocycles. The van der Waals surface area contributed by atoms with Crippen LogP contribution in [0.3, 0.4) is 0 Å². The average molecular weight is 259 g/mol. The quantitative estimate of drug-likeness (QED) is 0.771. The number of alkyl carbamates (subject to hydrolysis) is 1. The third kappa shape index (κ3) is 7.92. The molecular weight excluding hydrogens is 234 g/mol. The molecule has 2 atom stereocenters. The Labute approximate surface area is 109 Å². The average Bonchev–Trinajstić information content (AvgIpc) is 2.14. The molecule has 0 bridgehead atoms. The first kappa shape index (κ1) is 16.7. The number of esters is 1. The van der Waals surface area contributed by atoms with Crippen LogP contribution in [0.4, 0.5) is 4.79 Å². The molecule has 0 saturated heterocycles. The molecule has 0 aromatic carbocycles. The van der Waals surface area contributed by atoms with Crippen molar-refractivity contribution in [2.45, 2.75) is 72.1 Å². The summed E-state index contributed by atoms with van der Waals surface area (Å²) in [5.74, 6) is -0.443. The summed E-state index contributed by atoms with van der Waals surface area (Å²) in [5.41, 5.74) is -0.580. The van der Waals surface area contributed by atoms with Gasteiger partial charge in [-0.25, -0.2) is 9.59 Å². The lowest BCUT2D eigenvalue weighted by Gasteiger charge is -2.22. The maximum atomic E-state index is 11.6. The van der Waals surface area contributed by atoms with Gasteiger partial charge < -0.3 is 14.8 Å². The molecule has 0 spiro atoms. The van der Waals surface area contributed by atoms with Crippen LogP contribution in [0, 0.1) is 0 Å². The van der Waals surface area contributed by atoms with E-state index in [4.69, 9.17) is 9.47 Å². The number of nitrogens with one attached hydrogen (secondary N) is 1. The van der Waals surface area contributed by atoms with Crippen LogP contribution in [0.25, 0.3) is 0 Å². The summed E-state index contributed by atoms with van der Waals surface area (Å²) in [6, 6.07) is -0.709. The Bertz CT molecular complexity index is 283. The Morgan fingerprint density at radius 3 is 2.22 bits per heavy atom. The van der Waals surface area contributed by atoms with Crippen LogP contribution in [-0.4, -0.2) is 29.8 Å². The summed E-state index contributed by atoms with van der Waals surface area (Å²) in [6.07, 6.45) is 1.01. The molecule has 0 rings (SSSR count). The Morgan fingerprint density at radius 1 is 1.22 bits per heavy atom. The van der Waals surface area contributed by atoms with Crippen molar-refractivity contribution in [3.8, 4) is 0 Å². The fourth-order valence-corrected chi connectivity index (χ4v) is 1.31. The van der Waals surface area contributed by atoms with Crippen LogP contribution in [0.2, 0.25) is 0 Å². The molecule has 0 fully saturated rings. The molecule has 0 heterocycles. The predicted molar refractivity (Wildman–Crippen MR) is 69.3 cm³/mol. The normalized spacial score (nSPS) is 14.6. The van der Waals surface area contributed by atoms with E-state index in [1.165, 1.54) is 0 Å². The second-order valence-electron chi connectivity index (χ2n) is 5.40. The van der Waals surface area contributed by atoms with Crippen molar-refractivity contribution >= 4 is 12.1 Å². The van der Waals surface area contributed by atoms with Gasteiger partial charge in [0.2, 0.25) is 0 Å². The molecular formula is C13H25NO4. The highest BCUT2D eigenvalue weighted by atomic mass is 16.6. The molecule has 0 saturated carbocycles. The SMILES string of the molecule is CCC[C@H](C)OC(=O)C(C)NC(=O)OC(C)(C)C.